The van der Waals surface area contributed by atoms with Crippen LogP contribution in [0.3, 0.4) is 0 Å². The van der Waals surface area contributed by atoms with Crippen LogP contribution in [0.25, 0.3) is 0 Å². The minimum absolute atomic E-state index is 0.0579. The van der Waals surface area contributed by atoms with Crippen LogP contribution in [0.5, 0.6) is 0 Å². The minimum atomic E-state index is -4.76. The Bertz CT molecular complexity index is 1120. The molecule has 0 bridgehead atoms. The predicted molar refractivity (Wildman–Crippen MR) is 102 cm³/mol. The van der Waals surface area contributed by atoms with Gasteiger partial charge in [0.15, 0.2) is 0 Å². The van der Waals surface area contributed by atoms with Crippen molar-refractivity contribution in [3.8, 4) is 6.07 Å². The van der Waals surface area contributed by atoms with E-state index in [0.29, 0.717) is 6.92 Å². The maximum absolute atomic E-state index is 13.4. The van der Waals surface area contributed by atoms with Crippen LogP contribution < -0.4 is 10.6 Å². The Balaban J connectivity index is 2.35. The van der Waals surface area contributed by atoms with Gasteiger partial charge in [0.25, 0.3) is 17.6 Å². The highest BCUT2D eigenvalue weighted by Crippen LogP contribution is 2.29. The number of hydrogen-bond donors (Lipinski definition) is 2. The number of ketones is 1. The van der Waals surface area contributed by atoms with Crippen LogP contribution in [0.15, 0.2) is 18.2 Å². The molecule has 0 aliphatic heterocycles. The van der Waals surface area contributed by atoms with E-state index in [2.05, 4.69) is 5.32 Å². The number of halogens is 5. The van der Waals surface area contributed by atoms with Gasteiger partial charge in [-0.15, -0.1) is 0 Å². The van der Waals surface area contributed by atoms with E-state index in [0.717, 1.165) is 12.1 Å². The molecule has 2 rings (SSSR count). The number of nitrogens with one attached hydrogen (secondary N) is 2. The third-order valence-electron chi connectivity index (χ3n) is 4.46. The van der Waals surface area contributed by atoms with Gasteiger partial charge in [-0.05, 0) is 32.0 Å². The molecular formula is C19H15ClF4N4O3. The van der Waals surface area contributed by atoms with E-state index in [9.17, 15) is 31.9 Å². The molecule has 0 unspecified atom stereocenters. The Kier molecular flexibility index (Phi) is 6.76. The Morgan fingerprint density at radius 3 is 2.42 bits per heavy atom. The highest BCUT2D eigenvalue weighted by atomic mass is 35.5. The summed E-state index contributed by atoms with van der Waals surface area (Å²) in [5, 5.41) is 12.3. The summed E-state index contributed by atoms with van der Waals surface area (Å²) in [6.07, 6.45) is -4.76. The summed E-state index contributed by atoms with van der Waals surface area (Å²) in [6, 6.07) is 2.57. The lowest BCUT2D eigenvalue weighted by Crippen LogP contribution is -2.45. The van der Waals surface area contributed by atoms with Crippen molar-refractivity contribution in [1.29, 1.82) is 5.26 Å². The van der Waals surface area contributed by atoms with Gasteiger partial charge < -0.3 is 15.2 Å². The summed E-state index contributed by atoms with van der Waals surface area (Å²) in [5.41, 5.74) is -0.896. The number of carbonyl (C=O) groups is 3. The number of nitriles is 1. The van der Waals surface area contributed by atoms with Crippen molar-refractivity contribution in [1.82, 2.24) is 9.88 Å². The topological polar surface area (TPSA) is 104 Å². The molecule has 1 aromatic carbocycles. The van der Waals surface area contributed by atoms with E-state index in [4.69, 9.17) is 16.9 Å². The van der Waals surface area contributed by atoms with E-state index in [1.165, 1.54) is 24.6 Å². The SMILES string of the molecule is Cc1c(C(=O)C(=O)N[C@H](C)C(F)(F)F)c(Cl)c(C(=O)Nc2ccc(F)c(C#N)c2)n1C. The van der Waals surface area contributed by atoms with Gasteiger partial charge in [0, 0.05) is 18.4 Å². The minimum Gasteiger partial charge on any atom is -0.342 e. The zero-order valence-corrected chi connectivity index (χ0v) is 17.1. The number of alkyl halides is 3. The van der Waals surface area contributed by atoms with E-state index < -0.39 is 46.2 Å². The molecule has 2 amide bonds. The molecule has 2 aromatic rings. The molecule has 12 heteroatoms. The van der Waals surface area contributed by atoms with Crippen molar-refractivity contribution >= 4 is 34.9 Å². The van der Waals surface area contributed by atoms with Crippen molar-refractivity contribution in [2.45, 2.75) is 26.1 Å². The first kappa shape index (κ1) is 23.9. The number of carbonyl (C=O) groups excluding carboxylic acids is 3. The van der Waals surface area contributed by atoms with Gasteiger partial charge in [-0.2, -0.15) is 18.4 Å². The summed E-state index contributed by atoms with van der Waals surface area (Å²) in [7, 11) is 1.36. The first-order valence-corrected chi connectivity index (χ1v) is 8.95. The molecule has 1 heterocycles. The lowest BCUT2D eigenvalue weighted by Gasteiger charge is -2.16. The van der Waals surface area contributed by atoms with Gasteiger partial charge in [-0.25, -0.2) is 4.39 Å². The van der Waals surface area contributed by atoms with Gasteiger partial charge in [-0.1, -0.05) is 11.6 Å². The van der Waals surface area contributed by atoms with Crippen LogP contribution in [0.1, 0.15) is 39.0 Å². The van der Waals surface area contributed by atoms with Gasteiger partial charge in [0.05, 0.1) is 16.1 Å². The van der Waals surface area contributed by atoms with E-state index in [1.807, 2.05) is 0 Å². The Morgan fingerprint density at radius 2 is 1.87 bits per heavy atom. The largest absolute Gasteiger partial charge is 0.408 e. The second-order valence-corrected chi connectivity index (χ2v) is 6.89. The summed E-state index contributed by atoms with van der Waals surface area (Å²) < 4.78 is 52.5. The molecule has 1 atom stereocenters. The summed E-state index contributed by atoms with van der Waals surface area (Å²) in [6.45, 7) is 2.02. The number of amides is 2. The van der Waals surface area contributed by atoms with Crippen molar-refractivity contribution in [3.05, 3.63) is 51.6 Å². The fourth-order valence-corrected chi connectivity index (χ4v) is 3.05. The average Bonchev–Trinajstić information content (AvgIpc) is 2.90. The van der Waals surface area contributed by atoms with Crippen molar-refractivity contribution in [3.63, 3.8) is 0 Å². The second-order valence-electron chi connectivity index (χ2n) is 6.51. The van der Waals surface area contributed by atoms with Gasteiger partial charge in [0.1, 0.15) is 23.6 Å². The van der Waals surface area contributed by atoms with E-state index >= 15 is 0 Å². The summed E-state index contributed by atoms with van der Waals surface area (Å²) in [4.78, 5) is 37.1. The summed E-state index contributed by atoms with van der Waals surface area (Å²) >= 11 is 6.13. The van der Waals surface area contributed by atoms with Crippen LogP contribution in [0.4, 0.5) is 23.2 Å². The molecule has 31 heavy (non-hydrogen) atoms. The van der Waals surface area contributed by atoms with Crippen molar-refractivity contribution < 1.29 is 31.9 Å². The monoisotopic (exact) mass is 458 g/mol. The molecular weight excluding hydrogens is 444 g/mol. The number of rotatable bonds is 5. The molecule has 164 valence electrons. The van der Waals surface area contributed by atoms with Crippen LogP contribution in [-0.2, 0) is 11.8 Å². The zero-order chi connectivity index (χ0) is 23.7. The van der Waals surface area contributed by atoms with E-state index in [-0.39, 0.29) is 22.6 Å². The maximum atomic E-state index is 13.4. The number of Topliss-reactive ketones (excluding diaryl/α,β-unsaturated/α-hetero) is 1. The van der Waals surface area contributed by atoms with Crippen molar-refractivity contribution in [2.75, 3.05) is 5.32 Å². The Hall–Kier alpha value is -3.39. The van der Waals surface area contributed by atoms with Gasteiger partial charge in [0.2, 0.25) is 0 Å². The second kappa shape index (κ2) is 8.77. The van der Waals surface area contributed by atoms with E-state index in [1.54, 1.807) is 11.4 Å². The molecule has 0 saturated carbocycles. The molecule has 0 aliphatic carbocycles. The Labute approximate surface area is 178 Å². The summed E-state index contributed by atoms with van der Waals surface area (Å²) in [5.74, 6) is -4.53. The molecule has 0 saturated heterocycles. The normalized spacial score (nSPS) is 12.1. The van der Waals surface area contributed by atoms with Crippen LogP contribution in [0.2, 0.25) is 5.02 Å². The van der Waals surface area contributed by atoms with Crippen LogP contribution in [0, 0.1) is 24.1 Å². The number of nitrogens with zero attached hydrogens (tertiary/aromatic N) is 2. The first-order valence-electron chi connectivity index (χ1n) is 8.57. The predicted octanol–water partition coefficient (Wildman–Crippen LogP) is 3.50. The smallest absolute Gasteiger partial charge is 0.342 e. The fraction of sp³-hybridized carbons (Fsp3) is 0.263. The van der Waals surface area contributed by atoms with Gasteiger partial charge >= 0.3 is 6.18 Å². The molecule has 0 radical (unpaired) electrons. The lowest BCUT2D eigenvalue weighted by atomic mass is 10.1. The first-order chi connectivity index (χ1) is 14.3. The molecule has 0 spiro atoms. The lowest BCUT2D eigenvalue weighted by molar-refractivity contribution is -0.156. The molecule has 2 N–H and O–H groups in total. The van der Waals surface area contributed by atoms with Crippen LogP contribution >= 0.6 is 11.6 Å². The highest BCUT2D eigenvalue weighted by Gasteiger charge is 2.39. The van der Waals surface area contributed by atoms with Gasteiger partial charge in [-0.3, -0.25) is 14.4 Å². The third-order valence-corrected chi connectivity index (χ3v) is 4.83. The quantitative estimate of drug-likeness (QED) is 0.406. The zero-order valence-electron chi connectivity index (χ0n) is 16.3. The number of aromatic nitrogens is 1. The number of hydrogen-bond acceptors (Lipinski definition) is 4. The van der Waals surface area contributed by atoms with Crippen LogP contribution in [-0.4, -0.2) is 34.4 Å². The molecule has 0 aliphatic rings. The molecule has 1 aromatic heterocycles. The number of benzene rings is 1. The fourth-order valence-electron chi connectivity index (χ4n) is 2.61. The standard InChI is InChI=1S/C19H15ClF4N4O3/c1-8-13(16(29)18(31)26-9(2)19(22,23)24)14(20)15(28(8)3)17(30)27-11-4-5-12(21)10(6-11)7-25/h4-6,9H,1-3H3,(H,26,31)(H,27,30)/t9-/m1/s1. The molecule has 7 nitrogen and oxygen atoms in total. The maximum Gasteiger partial charge on any atom is 0.408 e. The number of anilines is 1. The van der Waals surface area contributed by atoms with Crippen molar-refractivity contribution in [2.24, 2.45) is 7.05 Å². The Morgan fingerprint density at radius 1 is 1.26 bits per heavy atom. The average molecular weight is 459 g/mol. The highest BCUT2D eigenvalue weighted by molar-refractivity contribution is 6.48. The molecule has 0 fully saturated rings. The third kappa shape index (κ3) is 4.86.